The highest BCUT2D eigenvalue weighted by atomic mass is 35.5. The summed E-state index contributed by atoms with van der Waals surface area (Å²) in [5, 5.41) is 3.68. The van der Waals surface area contributed by atoms with E-state index in [1.807, 2.05) is 49.9 Å². The Labute approximate surface area is 167 Å². The van der Waals surface area contributed by atoms with Gasteiger partial charge in [0.15, 0.2) is 0 Å². The monoisotopic (exact) mass is 394 g/mol. The zero-order chi connectivity index (χ0) is 19.8. The van der Waals surface area contributed by atoms with Crippen LogP contribution in [0.3, 0.4) is 0 Å². The minimum absolute atomic E-state index is 0.00455. The van der Waals surface area contributed by atoms with Gasteiger partial charge in [-0.1, -0.05) is 29.8 Å². The molecule has 0 bridgehead atoms. The molecular weight excluding hydrogens is 364 g/mol. The van der Waals surface area contributed by atoms with Crippen molar-refractivity contribution in [1.82, 2.24) is 20.0 Å². The molecule has 1 N–H and O–H groups in total. The summed E-state index contributed by atoms with van der Waals surface area (Å²) >= 11 is 6.20. The minimum Gasteiger partial charge on any atom is -0.348 e. The van der Waals surface area contributed by atoms with Crippen LogP contribution >= 0.6 is 11.6 Å². The summed E-state index contributed by atoms with van der Waals surface area (Å²) in [6.07, 6.45) is 0. The number of carbonyl (C=O) groups is 2. The Hall–Kier alpha value is -1.63. The number of likely N-dealkylation sites (N-methyl/N-ethyl adjacent to an activating group) is 1. The van der Waals surface area contributed by atoms with Gasteiger partial charge in [0, 0.05) is 44.3 Å². The van der Waals surface area contributed by atoms with Crippen molar-refractivity contribution in [3.8, 4) is 0 Å². The number of hydrogen-bond donors (Lipinski definition) is 1. The van der Waals surface area contributed by atoms with E-state index in [1.165, 1.54) is 0 Å². The number of hydrogen-bond acceptors (Lipinski definition) is 4. The molecule has 1 aromatic rings. The fourth-order valence-electron chi connectivity index (χ4n) is 3.37. The number of rotatable bonds is 8. The van der Waals surface area contributed by atoms with Gasteiger partial charge in [-0.05, 0) is 32.4 Å². The smallest absolute Gasteiger partial charge is 0.236 e. The summed E-state index contributed by atoms with van der Waals surface area (Å²) in [6, 6.07) is 7.43. The zero-order valence-corrected chi connectivity index (χ0v) is 17.3. The molecule has 2 amide bonds. The van der Waals surface area contributed by atoms with Gasteiger partial charge < -0.3 is 10.2 Å². The molecule has 1 heterocycles. The third-order valence-electron chi connectivity index (χ3n) is 5.06. The van der Waals surface area contributed by atoms with Crippen LogP contribution in [0.4, 0.5) is 0 Å². The highest BCUT2D eigenvalue weighted by Crippen LogP contribution is 2.22. The molecule has 0 spiro atoms. The Balaban J connectivity index is 1.74. The summed E-state index contributed by atoms with van der Waals surface area (Å²) in [5.74, 6) is 0.176. The molecule has 1 unspecified atom stereocenters. The van der Waals surface area contributed by atoms with E-state index in [0.29, 0.717) is 18.1 Å². The molecule has 0 aliphatic carbocycles. The summed E-state index contributed by atoms with van der Waals surface area (Å²) in [6.45, 7) is 11.5. The van der Waals surface area contributed by atoms with E-state index in [2.05, 4.69) is 15.1 Å². The van der Waals surface area contributed by atoms with Crippen molar-refractivity contribution in [2.75, 3.05) is 52.4 Å². The maximum absolute atomic E-state index is 12.4. The second-order valence-electron chi connectivity index (χ2n) is 6.93. The molecule has 2 rings (SSSR count). The Kier molecular flexibility index (Phi) is 8.54. The van der Waals surface area contributed by atoms with Gasteiger partial charge in [-0.3, -0.25) is 19.4 Å². The average Bonchev–Trinajstić information content (AvgIpc) is 2.64. The molecule has 27 heavy (non-hydrogen) atoms. The molecule has 1 aromatic carbocycles. The van der Waals surface area contributed by atoms with Crippen LogP contribution in [0.15, 0.2) is 24.3 Å². The first kappa shape index (κ1) is 21.7. The molecule has 150 valence electrons. The van der Waals surface area contributed by atoms with Crippen molar-refractivity contribution in [2.45, 2.75) is 26.8 Å². The number of piperazine rings is 1. The topological polar surface area (TPSA) is 55.9 Å². The van der Waals surface area contributed by atoms with Crippen LogP contribution in [0.25, 0.3) is 0 Å². The molecule has 1 aliphatic heterocycles. The van der Waals surface area contributed by atoms with Gasteiger partial charge in [0.05, 0.1) is 19.1 Å². The van der Waals surface area contributed by atoms with Crippen molar-refractivity contribution in [3.05, 3.63) is 34.9 Å². The average molecular weight is 395 g/mol. The summed E-state index contributed by atoms with van der Waals surface area (Å²) in [4.78, 5) is 30.7. The molecule has 6 nitrogen and oxygen atoms in total. The molecule has 1 atom stereocenters. The SMILES string of the molecule is CCN(CC)C(=O)CN1CCN(CC(=O)NC(C)c2ccccc2Cl)CC1. The molecule has 0 aromatic heterocycles. The Morgan fingerprint density at radius 2 is 1.63 bits per heavy atom. The van der Waals surface area contributed by atoms with Gasteiger partial charge in [-0.15, -0.1) is 0 Å². The van der Waals surface area contributed by atoms with Crippen LogP contribution in [0.5, 0.6) is 0 Å². The van der Waals surface area contributed by atoms with E-state index in [-0.39, 0.29) is 17.9 Å². The van der Waals surface area contributed by atoms with Gasteiger partial charge in [0.2, 0.25) is 11.8 Å². The van der Waals surface area contributed by atoms with Crippen LogP contribution in [0.2, 0.25) is 5.02 Å². The lowest BCUT2D eigenvalue weighted by molar-refractivity contribution is -0.133. The van der Waals surface area contributed by atoms with Crippen LogP contribution in [0.1, 0.15) is 32.4 Å². The number of amides is 2. The van der Waals surface area contributed by atoms with E-state index in [1.54, 1.807) is 0 Å². The van der Waals surface area contributed by atoms with Gasteiger partial charge in [0.25, 0.3) is 0 Å². The number of benzene rings is 1. The highest BCUT2D eigenvalue weighted by Gasteiger charge is 2.22. The van der Waals surface area contributed by atoms with Crippen LogP contribution < -0.4 is 5.32 Å². The van der Waals surface area contributed by atoms with E-state index in [0.717, 1.165) is 44.8 Å². The van der Waals surface area contributed by atoms with E-state index in [9.17, 15) is 9.59 Å². The third kappa shape index (κ3) is 6.48. The first-order valence-electron chi connectivity index (χ1n) is 9.70. The fourth-order valence-corrected chi connectivity index (χ4v) is 3.67. The third-order valence-corrected chi connectivity index (χ3v) is 5.40. The molecular formula is C20H31ClN4O2. The van der Waals surface area contributed by atoms with Crippen LogP contribution in [-0.4, -0.2) is 78.9 Å². The van der Waals surface area contributed by atoms with Crippen molar-refractivity contribution in [1.29, 1.82) is 0 Å². The first-order chi connectivity index (χ1) is 12.9. The molecule has 1 aliphatic rings. The lowest BCUT2D eigenvalue weighted by atomic mass is 10.1. The number of carbonyl (C=O) groups excluding carboxylic acids is 2. The van der Waals surface area contributed by atoms with Gasteiger partial charge >= 0.3 is 0 Å². The molecule has 1 fully saturated rings. The molecule has 7 heteroatoms. The number of nitrogens with one attached hydrogen (secondary N) is 1. The predicted octanol–water partition coefficient (Wildman–Crippen LogP) is 2.00. The van der Waals surface area contributed by atoms with E-state index in [4.69, 9.17) is 11.6 Å². The Bertz CT molecular complexity index is 628. The Morgan fingerprint density at radius 3 is 2.19 bits per heavy atom. The summed E-state index contributed by atoms with van der Waals surface area (Å²) < 4.78 is 0. The maximum atomic E-state index is 12.4. The second kappa shape index (κ2) is 10.6. The summed E-state index contributed by atoms with van der Waals surface area (Å²) in [7, 11) is 0. The van der Waals surface area contributed by atoms with Crippen LogP contribution in [0, 0.1) is 0 Å². The number of nitrogens with zero attached hydrogens (tertiary/aromatic N) is 3. The summed E-state index contributed by atoms with van der Waals surface area (Å²) in [5.41, 5.74) is 0.923. The standard InChI is InChI=1S/C20H31ClN4O2/c1-4-25(5-2)20(27)15-24-12-10-23(11-13-24)14-19(26)22-16(3)17-8-6-7-9-18(17)21/h6-9,16H,4-5,10-15H2,1-3H3,(H,22,26). The van der Waals surface area contributed by atoms with Crippen molar-refractivity contribution in [3.63, 3.8) is 0 Å². The van der Waals surface area contributed by atoms with Gasteiger partial charge in [0.1, 0.15) is 0 Å². The number of halogens is 1. The van der Waals surface area contributed by atoms with E-state index >= 15 is 0 Å². The van der Waals surface area contributed by atoms with Crippen molar-refractivity contribution >= 4 is 23.4 Å². The fraction of sp³-hybridized carbons (Fsp3) is 0.600. The Morgan fingerprint density at radius 1 is 1.07 bits per heavy atom. The highest BCUT2D eigenvalue weighted by molar-refractivity contribution is 6.31. The van der Waals surface area contributed by atoms with Crippen LogP contribution in [-0.2, 0) is 9.59 Å². The maximum Gasteiger partial charge on any atom is 0.236 e. The van der Waals surface area contributed by atoms with Crippen molar-refractivity contribution in [2.24, 2.45) is 0 Å². The molecule has 0 radical (unpaired) electrons. The largest absolute Gasteiger partial charge is 0.348 e. The lowest BCUT2D eigenvalue weighted by Gasteiger charge is -2.35. The van der Waals surface area contributed by atoms with Crippen molar-refractivity contribution < 1.29 is 9.59 Å². The van der Waals surface area contributed by atoms with Gasteiger partial charge in [-0.2, -0.15) is 0 Å². The van der Waals surface area contributed by atoms with E-state index < -0.39 is 0 Å². The zero-order valence-electron chi connectivity index (χ0n) is 16.6. The minimum atomic E-state index is -0.126. The predicted molar refractivity (Wildman–Crippen MR) is 109 cm³/mol. The lowest BCUT2D eigenvalue weighted by Crippen LogP contribution is -2.52. The first-order valence-corrected chi connectivity index (χ1v) is 10.1. The molecule has 0 saturated carbocycles. The molecule has 1 saturated heterocycles. The normalized spacial score (nSPS) is 16.7. The quantitative estimate of drug-likeness (QED) is 0.732. The van der Waals surface area contributed by atoms with Gasteiger partial charge in [-0.25, -0.2) is 0 Å². The second-order valence-corrected chi connectivity index (χ2v) is 7.34.